The van der Waals surface area contributed by atoms with Crippen LogP contribution in [0.4, 0.5) is 11.4 Å². The fourth-order valence-corrected chi connectivity index (χ4v) is 10.5. The number of fused-ring (bicyclic) bond motifs is 12. The lowest BCUT2D eigenvalue weighted by atomic mass is 9.58. The molecule has 1 aliphatic heterocycles. The number of furan rings is 1. The molecule has 10 aromatic rings. The van der Waals surface area contributed by atoms with Crippen molar-refractivity contribution in [1.29, 1.82) is 0 Å². The van der Waals surface area contributed by atoms with E-state index in [1.807, 2.05) is 11.3 Å². The van der Waals surface area contributed by atoms with Gasteiger partial charge < -0.3 is 14.3 Å². The second kappa shape index (κ2) is 12.4. The van der Waals surface area contributed by atoms with Crippen LogP contribution >= 0.6 is 11.3 Å². The van der Waals surface area contributed by atoms with E-state index in [1.165, 1.54) is 80.7 Å². The summed E-state index contributed by atoms with van der Waals surface area (Å²) in [5.41, 5.74) is 16.1. The third kappa shape index (κ3) is 5.54. The van der Waals surface area contributed by atoms with Crippen molar-refractivity contribution >= 4 is 105 Å². The van der Waals surface area contributed by atoms with Gasteiger partial charge in [0.25, 0.3) is 0 Å². The van der Waals surface area contributed by atoms with E-state index in [0.717, 1.165) is 39.1 Å². The largest absolute Gasteiger partial charge is 0.455 e. The van der Waals surface area contributed by atoms with E-state index in [-0.39, 0.29) is 16.2 Å². The Kier molecular flexibility index (Phi) is 7.62. The molecule has 3 nitrogen and oxygen atoms in total. The standard InChI is InChI=1S/C54H48BN2OS/c1-52(2,3)30-18-22-33(23-19-30)56-40-24-20-31(53(4,5)6)26-37(40)48-49-50-46(47-35-15-10-12-16-43(35)58-51(47)48)38-27-32(54(7,8)9)21-25-41(38)57(50)42-28-36-34-14-11-13-17-44(34)59-45(36)29-39(42)55-49/h10-29,56H,1-9H3. The lowest BCUT2D eigenvalue weighted by Gasteiger charge is -2.26. The zero-order chi connectivity index (χ0) is 40.7. The summed E-state index contributed by atoms with van der Waals surface area (Å²) in [6.07, 6.45) is 0. The zero-order valence-corrected chi connectivity index (χ0v) is 36.2. The van der Waals surface area contributed by atoms with Crippen LogP contribution in [0.2, 0.25) is 0 Å². The van der Waals surface area contributed by atoms with Crippen molar-refractivity contribution in [3.63, 3.8) is 0 Å². The molecule has 0 saturated carbocycles. The lowest BCUT2D eigenvalue weighted by Crippen LogP contribution is -2.37. The maximum absolute atomic E-state index is 7.20. The predicted octanol–water partition coefficient (Wildman–Crippen LogP) is 14.3. The van der Waals surface area contributed by atoms with Gasteiger partial charge in [-0.15, -0.1) is 11.3 Å². The van der Waals surface area contributed by atoms with Crippen LogP contribution in [0.25, 0.3) is 80.7 Å². The summed E-state index contributed by atoms with van der Waals surface area (Å²) in [7, 11) is 2.46. The Morgan fingerprint density at radius 3 is 1.98 bits per heavy atom. The van der Waals surface area contributed by atoms with Gasteiger partial charge in [-0.1, -0.05) is 128 Å². The van der Waals surface area contributed by atoms with E-state index in [9.17, 15) is 0 Å². The third-order valence-corrected chi connectivity index (χ3v) is 13.8. The Labute approximate surface area is 350 Å². The number of thiophene rings is 1. The first-order valence-electron chi connectivity index (χ1n) is 20.9. The van der Waals surface area contributed by atoms with Gasteiger partial charge in [-0.2, -0.15) is 0 Å². The molecule has 11 rings (SSSR count). The zero-order valence-electron chi connectivity index (χ0n) is 35.4. The van der Waals surface area contributed by atoms with Gasteiger partial charge in [-0.3, -0.25) is 0 Å². The number of para-hydroxylation sites is 1. The molecule has 1 N–H and O–H groups in total. The first-order chi connectivity index (χ1) is 28.1. The number of hydrogen-bond acceptors (Lipinski definition) is 3. The molecule has 0 fully saturated rings. The highest BCUT2D eigenvalue weighted by Gasteiger charge is 2.33. The Bertz CT molecular complexity index is 3370. The molecule has 0 bridgehead atoms. The molecule has 0 saturated heterocycles. The molecule has 1 radical (unpaired) electrons. The van der Waals surface area contributed by atoms with Crippen LogP contribution < -0.4 is 16.2 Å². The number of nitrogens with one attached hydrogen (secondary N) is 1. The molecule has 0 atom stereocenters. The molecule has 289 valence electrons. The van der Waals surface area contributed by atoms with Crippen molar-refractivity contribution in [2.75, 3.05) is 5.32 Å². The lowest BCUT2D eigenvalue weighted by molar-refractivity contribution is 0.590. The van der Waals surface area contributed by atoms with E-state index in [4.69, 9.17) is 4.42 Å². The molecule has 3 aromatic heterocycles. The molecule has 7 aromatic carbocycles. The fraction of sp³-hybridized carbons (Fsp3) is 0.222. The van der Waals surface area contributed by atoms with Crippen LogP contribution in [-0.2, 0) is 16.2 Å². The van der Waals surface area contributed by atoms with Gasteiger partial charge in [-0.25, -0.2) is 0 Å². The summed E-state index contributed by atoms with van der Waals surface area (Å²) in [5, 5.41) is 11.3. The van der Waals surface area contributed by atoms with Gasteiger partial charge in [0.1, 0.15) is 11.2 Å². The molecule has 59 heavy (non-hydrogen) atoms. The molecule has 1 aliphatic rings. The van der Waals surface area contributed by atoms with Crippen molar-refractivity contribution < 1.29 is 4.42 Å². The molecule has 0 aliphatic carbocycles. The normalized spacial score (nSPS) is 13.3. The summed E-state index contributed by atoms with van der Waals surface area (Å²) < 4.78 is 12.4. The Balaban J connectivity index is 1.30. The highest BCUT2D eigenvalue weighted by molar-refractivity contribution is 7.26. The number of nitrogens with zero attached hydrogens (tertiary/aromatic N) is 1. The summed E-state index contributed by atoms with van der Waals surface area (Å²) in [4.78, 5) is 0. The van der Waals surface area contributed by atoms with Gasteiger partial charge >= 0.3 is 0 Å². The quantitative estimate of drug-likeness (QED) is 0.181. The third-order valence-electron chi connectivity index (χ3n) is 12.7. The summed E-state index contributed by atoms with van der Waals surface area (Å²) in [6.45, 7) is 20.6. The molecular weight excluding hydrogens is 735 g/mol. The van der Waals surface area contributed by atoms with Gasteiger partial charge in [0.05, 0.1) is 5.52 Å². The SMILES string of the molecule is CC(C)(C)c1ccc(Nc2ccc(C(C)(C)C)cc2-c2c3c4c(c5cc(C(C)(C)C)ccc5n4-c4cc5c(cc4[B]3)sc3ccccc35)c3c2oc2ccccc23)cc1. The molecular formula is C54H48BN2OS. The maximum atomic E-state index is 7.20. The highest BCUT2D eigenvalue weighted by atomic mass is 32.1. The second-order valence-corrected chi connectivity index (χ2v) is 20.8. The topological polar surface area (TPSA) is 30.1 Å². The minimum atomic E-state index is -0.0721. The van der Waals surface area contributed by atoms with Gasteiger partial charge in [-0.05, 0) is 99.1 Å². The number of benzene rings is 7. The summed E-state index contributed by atoms with van der Waals surface area (Å²) in [6, 6.07) is 45.4. The van der Waals surface area contributed by atoms with Gasteiger partial charge in [0, 0.05) is 75.4 Å². The average Bonchev–Trinajstić information content (AvgIpc) is 3.86. The van der Waals surface area contributed by atoms with Crippen molar-refractivity contribution in [2.45, 2.75) is 78.6 Å². The van der Waals surface area contributed by atoms with Crippen LogP contribution in [0.1, 0.15) is 79.0 Å². The average molecular weight is 784 g/mol. The number of anilines is 2. The van der Waals surface area contributed by atoms with E-state index >= 15 is 0 Å². The van der Waals surface area contributed by atoms with Crippen molar-refractivity contribution in [1.82, 2.24) is 4.57 Å². The van der Waals surface area contributed by atoms with Gasteiger partial charge in [0.2, 0.25) is 0 Å². The van der Waals surface area contributed by atoms with Crippen molar-refractivity contribution in [2.24, 2.45) is 0 Å². The second-order valence-electron chi connectivity index (χ2n) is 19.7. The van der Waals surface area contributed by atoms with Crippen molar-refractivity contribution in [3.05, 3.63) is 138 Å². The van der Waals surface area contributed by atoms with Crippen LogP contribution in [0, 0.1) is 0 Å². The summed E-state index contributed by atoms with van der Waals surface area (Å²) >= 11 is 1.88. The van der Waals surface area contributed by atoms with Crippen LogP contribution in [0.3, 0.4) is 0 Å². The Morgan fingerprint density at radius 1 is 0.576 bits per heavy atom. The molecule has 0 spiro atoms. The van der Waals surface area contributed by atoms with E-state index in [0.29, 0.717) is 0 Å². The van der Waals surface area contributed by atoms with Crippen molar-refractivity contribution in [3.8, 4) is 16.8 Å². The maximum Gasteiger partial charge on any atom is 0.198 e. The predicted molar refractivity (Wildman–Crippen MR) is 257 cm³/mol. The van der Waals surface area contributed by atoms with E-state index in [2.05, 4.69) is 201 Å². The first kappa shape index (κ1) is 36.3. The molecule has 0 amide bonds. The molecule has 5 heteroatoms. The monoisotopic (exact) mass is 783 g/mol. The smallest absolute Gasteiger partial charge is 0.198 e. The van der Waals surface area contributed by atoms with Crippen LogP contribution in [0.5, 0.6) is 0 Å². The Hall–Kier alpha value is -5.78. The molecule has 0 unspecified atom stereocenters. The molecule has 4 heterocycles. The van der Waals surface area contributed by atoms with E-state index in [1.54, 1.807) is 0 Å². The summed E-state index contributed by atoms with van der Waals surface area (Å²) in [5.74, 6) is 0. The number of hydrogen-bond donors (Lipinski definition) is 1. The number of aromatic nitrogens is 1. The fourth-order valence-electron chi connectivity index (χ4n) is 9.41. The minimum Gasteiger partial charge on any atom is -0.455 e. The number of rotatable bonds is 3. The minimum absolute atomic E-state index is 0.0199. The Morgan fingerprint density at radius 2 is 1.24 bits per heavy atom. The van der Waals surface area contributed by atoms with Gasteiger partial charge in [0.15, 0.2) is 7.28 Å². The van der Waals surface area contributed by atoms with Crippen LogP contribution in [0.15, 0.2) is 126 Å². The highest BCUT2D eigenvalue weighted by Crippen LogP contribution is 2.48. The van der Waals surface area contributed by atoms with E-state index < -0.39 is 0 Å². The van der Waals surface area contributed by atoms with Crippen LogP contribution in [-0.4, -0.2) is 11.8 Å². The first-order valence-corrected chi connectivity index (χ1v) is 21.7.